The third-order valence-corrected chi connectivity index (χ3v) is 4.98. The zero-order chi connectivity index (χ0) is 12.5. The van der Waals surface area contributed by atoms with Crippen LogP contribution >= 0.6 is 11.9 Å². The molecule has 0 spiro atoms. The summed E-state index contributed by atoms with van der Waals surface area (Å²) in [4.78, 5) is 1.33. The fourth-order valence-corrected chi connectivity index (χ4v) is 3.73. The summed E-state index contributed by atoms with van der Waals surface area (Å²) < 4.78 is 2.56. The van der Waals surface area contributed by atoms with Crippen molar-refractivity contribution < 1.29 is 0 Å². The Balaban J connectivity index is 2.21. The lowest BCUT2D eigenvalue weighted by molar-refractivity contribution is 0.0939. The Labute approximate surface area is 110 Å². The summed E-state index contributed by atoms with van der Waals surface area (Å²) in [5.41, 5.74) is 0.449. The molecule has 93 valence electrons. The van der Waals surface area contributed by atoms with Gasteiger partial charge in [-0.05, 0) is 71.0 Å². The van der Waals surface area contributed by atoms with Gasteiger partial charge in [-0.25, -0.2) is 4.31 Å². The van der Waals surface area contributed by atoms with E-state index in [2.05, 4.69) is 68.8 Å². The molecule has 1 nitrogen and oxygen atoms in total. The molecule has 2 heteroatoms. The summed E-state index contributed by atoms with van der Waals surface area (Å²) in [6.07, 6.45) is 4.76. The molecular formula is C15H22NS. The van der Waals surface area contributed by atoms with Crippen LogP contribution in [0.5, 0.6) is 0 Å². The van der Waals surface area contributed by atoms with Gasteiger partial charge in [-0.15, -0.1) is 0 Å². The third kappa shape index (κ3) is 2.86. The minimum atomic E-state index is 0.224. The number of hydrogen-bond donors (Lipinski definition) is 0. The monoisotopic (exact) mass is 248 g/mol. The average molecular weight is 248 g/mol. The molecule has 1 aromatic rings. The maximum absolute atomic E-state index is 2.56. The van der Waals surface area contributed by atoms with Gasteiger partial charge in [0.1, 0.15) is 0 Å². The average Bonchev–Trinajstić information content (AvgIpc) is 2.25. The number of nitrogens with zero attached hydrogens (tertiary/aromatic N) is 1. The molecule has 1 fully saturated rings. The summed E-state index contributed by atoms with van der Waals surface area (Å²) in [5.74, 6) is 0. The Morgan fingerprint density at radius 2 is 1.47 bits per heavy atom. The number of rotatable bonds is 2. The third-order valence-electron chi connectivity index (χ3n) is 3.33. The quantitative estimate of drug-likeness (QED) is 0.706. The van der Waals surface area contributed by atoms with E-state index in [0.717, 1.165) is 12.8 Å². The van der Waals surface area contributed by atoms with Gasteiger partial charge in [-0.1, -0.05) is 18.2 Å². The Morgan fingerprint density at radius 1 is 0.941 bits per heavy atom. The Kier molecular flexibility index (Phi) is 3.55. The largest absolute Gasteiger partial charge is 0.235 e. The van der Waals surface area contributed by atoms with Crippen LogP contribution in [0, 0.1) is 6.42 Å². The van der Waals surface area contributed by atoms with Crippen molar-refractivity contribution in [1.82, 2.24) is 4.31 Å². The van der Waals surface area contributed by atoms with Crippen LogP contribution in [0.4, 0.5) is 0 Å². The highest BCUT2D eigenvalue weighted by Crippen LogP contribution is 2.44. The van der Waals surface area contributed by atoms with Gasteiger partial charge in [0.15, 0.2) is 0 Å². The SMILES string of the molecule is CC1(C)C[CH]CC(C)(C)N1Sc1ccccc1. The van der Waals surface area contributed by atoms with Crippen LogP contribution in [-0.2, 0) is 0 Å². The van der Waals surface area contributed by atoms with Crippen molar-refractivity contribution >= 4 is 11.9 Å². The molecule has 0 aliphatic carbocycles. The Bertz CT molecular complexity index is 354. The maximum atomic E-state index is 2.56. The molecule has 1 aliphatic heterocycles. The van der Waals surface area contributed by atoms with Gasteiger partial charge in [0.05, 0.1) is 0 Å². The molecule has 0 amide bonds. The van der Waals surface area contributed by atoms with Crippen molar-refractivity contribution in [2.45, 2.75) is 56.5 Å². The van der Waals surface area contributed by atoms with Crippen LogP contribution in [0.15, 0.2) is 35.2 Å². The van der Waals surface area contributed by atoms with E-state index >= 15 is 0 Å². The smallest absolute Gasteiger partial charge is 0.0269 e. The first-order valence-corrected chi connectivity index (χ1v) is 7.04. The minimum Gasteiger partial charge on any atom is -0.235 e. The van der Waals surface area contributed by atoms with Gasteiger partial charge in [-0.3, -0.25) is 0 Å². The van der Waals surface area contributed by atoms with E-state index in [9.17, 15) is 0 Å². The predicted molar refractivity (Wildman–Crippen MR) is 75.8 cm³/mol. The zero-order valence-electron chi connectivity index (χ0n) is 11.2. The highest BCUT2D eigenvalue weighted by Gasteiger charge is 2.42. The van der Waals surface area contributed by atoms with Crippen molar-refractivity contribution in [3.8, 4) is 0 Å². The zero-order valence-corrected chi connectivity index (χ0v) is 12.1. The van der Waals surface area contributed by atoms with Crippen molar-refractivity contribution in [2.24, 2.45) is 0 Å². The van der Waals surface area contributed by atoms with E-state index in [0.29, 0.717) is 0 Å². The molecule has 1 radical (unpaired) electrons. The van der Waals surface area contributed by atoms with E-state index in [1.165, 1.54) is 4.90 Å². The predicted octanol–water partition coefficient (Wildman–Crippen LogP) is 4.55. The van der Waals surface area contributed by atoms with E-state index in [-0.39, 0.29) is 11.1 Å². The van der Waals surface area contributed by atoms with Crippen LogP contribution in [0.1, 0.15) is 40.5 Å². The van der Waals surface area contributed by atoms with Crippen molar-refractivity contribution in [3.05, 3.63) is 36.8 Å². The van der Waals surface area contributed by atoms with Gasteiger partial charge in [0.25, 0.3) is 0 Å². The second-order valence-electron chi connectivity index (χ2n) is 6.02. The lowest BCUT2D eigenvalue weighted by Gasteiger charge is -2.51. The second kappa shape index (κ2) is 4.66. The molecule has 0 atom stereocenters. The Morgan fingerprint density at radius 3 is 2.00 bits per heavy atom. The molecule has 0 unspecified atom stereocenters. The van der Waals surface area contributed by atoms with Crippen molar-refractivity contribution in [3.63, 3.8) is 0 Å². The van der Waals surface area contributed by atoms with Crippen LogP contribution < -0.4 is 0 Å². The summed E-state index contributed by atoms with van der Waals surface area (Å²) in [6, 6.07) is 10.7. The van der Waals surface area contributed by atoms with Gasteiger partial charge >= 0.3 is 0 Å². The summed E-state index contributed by atoms with van der Waals surface area (Å²) in [7, 11) is 0. The molecule has 0 aromatic heterocycles. The minimum absolute atomic E-state index is 0.224. The lowest BCUT2D eigenvalue weighted by Crippen LogP contribution is -2.54. The van der Waals surface area contributed by atoms with Crippen LogP contribution in [-0.4, -0.2) is 15.4 Å². The van der Waals surface area contributed by atoms with Gasteiger partial charge in [-0.2, -0.15) is 0 Å². The lowest BCUT2D eigenvalue weighted by atomic mass is 9.83. The second-order valence-corrected chi connectivity index (χ2v) is 7.04. The molecule has 0 N–H and O–H groups in total. The van der Waals surface area contributed by atoms with Gasteiger partial charge < -0.3 is 0 Å². The first-order chi connectivity index (χ1) is 7.92. The van der Waals surface area contributed by atoms with Gasteiger partial charge in [0.2, 0.25) is 0 Å². The number of hydrogen-bond acceptors (Lipinski definition) is 2. The Hall–Kier alpha value is -0.470. The van der Waals surface area contributed by atoms with Crippen molar-refractivity contribution in [1.29, 1.82) is 0 Å². The first kappa shape index (κ1) is 13.0. The molecule has 1 aliphatic rings. The number of piperidine rings is 1. The number of benzene rings is 1. The molecule has 0 bridgehead atoms. The van der Waals surface area contributed by atoms with Crippen molar-refractivity contribution in [2.75, 3.05) is 0 Å². The van der Waals surface area contributed by atoms with E-state index in [1.807, 2.05) is 11.9 Å². The first-order valence-electron chi connectivity index (χ1n) is 6.27. The molecule has 1 aromatic carbocycles. The molecule has 0 saturated carbocycles. The summed E-state index contributed by atoms with van der Waals surface area (Å²) in [6.45, 7) is 9.33. The van der Waals surface area contributed by atoms with Crippen LogP contribution in [0.2, 0.25) is 0 Å². The fraction of sp³-hybridized carbons (Fsp3) is 0.533. The maximum Gasteiger partial charge on any atom is 0.0269 e. The molecule has 1 heterocycles. The van der Waals surface area contributed by atoms with Crippen LogP contribution in [0.25, 0.3) is 0 Å². The molecule has 2 rings (SSSR count). The molecular weight excluding hydrogens is 226 g/mol. The van der Waals surface area contributed by atoms with E-state index in [4.69, 9.17) is 0 Å². The fourth-order valence-electron chi connectivity index (χ4n) is 2.60. The topological polar surface area (TPSA) is 3.24 Å². The van der Waals surface area contributed by atoms with E-state index in [1.54, 1.807) is 0 Å². The summed E-state index contributed by atoms with van der Waals surface area (Å²) >= 11 is 1.89. The molecule has 1 saturated heterocycles. The highest BCUT2D eigenvalue weighted by atomic mass is 32.2. The van der Waals surface area contributed by atoms with Gasteiger partial charge in [0, 0.05) is 16.0 Å². The molecule has 17 heavy (non-hydrogen) atoms. The van der Waals surface area contributed by atoms with E-state index < -0.39 is 0 Å². The summed E-state index contributed by atoms with van der Waals surface area (Å²) in [5, 5.41) is 0. The normalized spacial score (nSPS) is 23.5. The standard InChI is InChI=1S/C15H22NS/c1-14(2)11-8-12-15(3,4)16(14)17-13-9-6-5-7-10-13/h5-10H,11-12H2,1-4H3. The van der Waals surface area contributed by atoms with Crippen LogP contribution in [0.3, 0.4) is 0 Å². The highest BCUT2D eigenvalue weighted by molar-refractivity contribution is 7.97.